The molecular formula is C6H7F3N4. The Morgan fingerprint density at radius 3 is 2.77 bits per heavy atom. The van der Waals surface area contributed by atoms with Crippen molar-refractivity contribution in [3.8, 4) is 0 Å². The highest BCUT2D eigenvalue weighted by Gasteiger charge is 2.42. The van der Waals surface area contributed by atoms with E-state index in [0.717, 1.165) is 0 Å². The number of nitrogens with zero attached hydrogens (tertiary/aromatic N) is 2. The summed E-state index contributed by atoms with van der Waals surface area (Å²) in [5.41, 5.74) is 0.355. The van der Waals surface area contributed by atoms with Crippen LogP contribution < -0.4 is 5.32 Å². The Balaban J connectivity index is 2.18. The van der Waals surface area contributed by atoms with E-state index < -0.39 is 12.1 Å². The number of hydrogen-bond donors (Lipinski definition) is 2. The third-order valence-electron chi connectivity index (χ3n) is 2.04. The second-order valence-corrected chi connectivity index (χ2v) is 2.94. The first-order valence-corrected chi connectivity index (χ1v) is 3.77. The molecule has 4 nitrogen and oxygen atoms in total. The largest absolute Gasteiger partial charge is 0.393 e. The van der Waals surface area contributed by atoms with Crippen LogP contribution in [0.2, 0.25) is 0 Å². The van der Waals surface area contributed by atoms with Crippen molar-refractivity contribution in [2.45, 2.75) is 12.6 Å². The Hall–Kier alpha value is -1.27. The van der Waals surface area contributed by atoms with Crippen LogP contribution in [0, 0.1) is 5.92 Å². The minimum Gasteiger partial charge on any atom is -0.366 e. The molecule has 13 heavy (non-hydrogen) atoms. The molecule has 0 saturated heterocycles. The number of H-pyrrole nitrogens is 1. The van der Waals surface area contributed by atoms with Gasteiger partial charge < -0.3 is 5.32 Å². The van der Waals surface area contributed by atoms with Gasteiger partial charge >= 0.3 is 6.18 Å². The number of alkyl halides is 3. The fourth-order valence-electron chi connectivity index (χ4n) is 1.29. The summed E-state index contributed by atoms with van der Waals surface area (Å²) in [5, 5.41) is 12.1. The predicted molar refractivity (Wildman–Crippen MR) is 38.1 cm³/mol. The summed E-state index contributed by atoms with van der Waals surface area (Å²) in [4.78, 5) is 0. The molecule has 7 heteroatoms. The standard InChI is InChI=1S/C6H7F3N4/c7-6(8,9)3-1-4-5(10-2-3)12-13-11-4/h3H,1-2H2,(H2,10,11,12,13). The van der Waals surface area contributed by atoms with Crippen molar-refractivity contribution >= 4 is 5.82 Å². The lowest BCUT2D eigenvalue weighted by molar-refractivity contribution is -0.171. The van der Waals surface area contributed by atoms with Crippen LogP contribution in [0.1, 0.15) is 5.69 Å². The molecule has 2 rings (SSSR count). The normalized spacial score (nSPS) is 22.2. The van der Waals surface area contributed by atoms with Crippen LogP contribution in [0.15, 0.2) is 0 Å². The highest BCUT2D eigenvalue weighted by molar-refractivity contribution is 5.41. The van der Waals surface area contributed by atoms with Crippen molar-refractivity contribution in [1.29, 1.82) is 0 Å². The van der Waals surface area contributed by atoms with Crippen LogP contribution in [-0.4, -0.2) is 28.1 Å². The first-order chi connectivity index (χ1) is 6.07. The van der Waals surface area contributed by atoms with Crippen LogP contribution in [0.4, 0.5) is 19.0 Å². The number of halogens is 3. The molecular weight excluding hydrogens is 185 g/mol. The van der Waals surface area contributed by atoms with Gasteiger partial charge in [0.1, 0.15) is 5.69 Å². The van der Waals surface area contributed by atoms with Gasteiger partial charge in [-0.1, -0.05) is 0 Å². The average Bonchev–Trinajstić information content (AvgIpc) is 2.47. The highest BCUT2D eigenvalue weighted by atomic mass is 19.4. The Labute approximate surface area is 71.5 Å². The number of aromatic nitrogens is 3. The second-order valence-electron chi connectivity index (χ2n) is 2.94. The Morgan fingerprint density at radius 2 is 2.08 bits per heavy atom. The summed E-state index contributed by atoms with van der Waals surface area (Å²) in [5.74, 6) is -0.925. The molecule has 0 aromatic carbocycles. The van der Waals surface area contributed by atoms with Gasteiger partial charge in [0.25, 0.3) is 0 Å². The zero-order valence-corrected chi connectivity index (χ0v) is 6.52. The van der Waals surface area contributed by atoms with Crippen molar-refractivity contribution in [2.75, 3.05) is 11.9 Å². The minimum atomic E-state index is -4.16. The molecule has 0 bridgehead atoms. The Morgan fingerprint density at radius 1 is 1.31 bits per heavy atom. The molecule has 1 atom stereocenters. The number of aromatic amines is 1. The second kappa shape index (κ2) is 2.61. The lowest BCUT2D eigenvalue weighted by Crippen LogP contribution is -2.34. The van der Waals surface area contributed by atoms with Crippen LogP contribution in [0.5, 0.6) is 0 Å². The average molecular weight is 192 g/mol. The Bertz CT molecular complexity index is 305. The molecule has 1 aliphatic heterocycles. The van der Waals surface area contributed by atoms with Crippen LogP contribution >= 0.6 is 0 Å². The van der Waals surface area contributed by atoms with E-state index in [1.54, 1.807) is 0 Å². The summed E-state index contributed by atoms with van der Waals surface area (Å²) >= 11 is 0. The maximum atomic E-state index is 12.2. The van der Waals surface area contributed by atoms with Gasteiger partial charge in [-0.2, -0.15) is 23.5 Å². The van der Waals surface area contributed by atoms with Gasteiger partial charge in [-0.3, -0.25) is 0 Å². The molecule has 1 aliphatic rings. The number of nitrogens with one attached hydrogen (secondary N) is 2. The monoisotopic (exact) mass is 192 g/mol. The summed E-state index contributed by atoms with van der Waals surface area (Å²) in [7, 11) is 0. The summed E-state index contributed by atoms with van der Waals surface area (Å²) in [6, 6.07) is 0. The molecule has 1 unspecified atom stereocenters. The zero-order chi connectivity index (χ0) is 9.47. The van der Waals surface area contributed by atoms with Crippen molar-refractivity contribution < 1.29 is 13.2 Å². The molecule has 0 amide bonds. The number of fused-ring (bicyclic) bond motifs is 1. The number of hydrogen-bond acceptors (Lipinski definition) is 3. The van der Waals surface area contributed by atoms with Gasteiger partial charge in [0, 0.05) is 13.0 Å². The van der Waals surface area contributed by atoms with Gasteiger partial charge in [0.15, 0.2) is 5.82 Å². The van der Waals surface area contributed by atoms with Crippen molar-refractivity contribution in [3.05, 3.63) is 5.69 Å². The zero-order valence-electron chi connectivity index (χ0n) is 6.52. The summed E-state index contributed by atoms with van der Waals surface area (Å²) in [6.07, 6.45) is -4.26. The lowest BCUT2D eigenvalue weighted by Gasteiger charge is -2.23. The number of rotatable bonds is 0. The van der Waals surface area contributed by atoms with Crippen molar-refractivity contribution in [1.82, 2.24) is 15.4 Å². The molecule has 1 aromatic rings. The molecule has 2 heterocycles. The van der Waals surface area contributed by atoms with Crippen molar-refractivity contribution in [3.63, 3.8) is 0 Å². The summed E-state index contributed by atoms with van der Waals surface area (Å²) < 4.78 is 36.7. The van der Waals surface area contributed by atoms with Gasteiger partial charge in [-0.05, 0) is 0 Å². The highest BCUT2D eigenvalue weighted by Crippen LogP contribution is 2.32. The maximum absolute atomic E-state index is 12.2. The number of anilines is 1. The molecule has 0 radical (unpaired) electrons. The van der Waals surface area contributed by atoms with Crippen molar-refractivity contribution in [2.24, 2.45) is 5.92 Å². The Kier molecular flexibility index (Phi) is 1.67. The third-order valence-corrected chi connectivity index (χ3v) is 2.04. The lowest BCUT2D eigenvalue weighted by atomic mass is 10.00. The van der Waals surface area contributed by atoms with E-state index in [9.17, 15) is 13.2 Å². The minimum absolute atomic E-state index is 0.0949. The van der Waals surface area contributed by atoms with E-state index in [2.05, 4.69) is 20.7 Å². The smallest absolute Gasteiger partial charge is 0.366 e. The molecule has 2 N–H and O–H groups in total. The van der Waals surface area contributed by atoms with Gasteiger partial charge in [0.2, 0.25) is 0 Å². The molecule has 0 spiro atoms. The summed E-state index contributed by atoms with van der Waals surface area (Å²) in [6.45, 7) is -0.122. The van der Waals surface area contributed by atoms with Crippen LogP contribution in [0.3, 0.4) is 0 Å². The van der Waals surface area contributed by atoms with E-state index >= 15 is 0 Å². The molecule has 1 aromatic heterocycles. The topological polar surface area (TPSA) is 53.6 Å². The van der Waals surface area contributed by atoms with Crippen LogP contribution in [-0.2, 0) is 6.42 Å². The SMILES string of the molecule is FC(F)(F)C1CNc2n[nH]nc2C1. The fourth-order valence-corrected chi connectivity index (χ4v) is 1.29. The van der Waals surface area contributed by atoms with Gasteiger partial charge in [-0.25, -0.2) is 0 Å². The first kappa shape index (κ1) is 8.33. The first-order valence-electron chi connectivity index (χ1n) is 3.77. The molecule has 0 aliphatic carbocycles. The van der Waals surface area contributed by atoms with E-state index in [1.165, 1.54) is 0 Å². The van der Waals surface area contributed by atoms with Crippen LogP contribution in [0.25, 0.3) is 0 Å². The van der Waals surface area contributed by atoms with E-state index in [1.807, 2.05) is 0 Å². The van der Waals surface area contributed by atoms with E-state index in [0.29, 0.717) is 11.5 Å². The van der Waals surface area contributed by atoms with Gasteiger partial charge in [0.05, 0.1) is 5.92 Å². The van der Waals surface area contributed by atoms with E-state index in [-0.39, 0.29) is 13.0 Å². The predicted octanol–water partition coefficient (Wildman–Crippen LogP) is 0.951. The third kappa shape index (κ3) is 1.45. The van der Waals surface area contributed by atoms with Gasteiger partial charge in [-0.15, -0.1) is 5.10 Å². The molecule has 0 saturated carbocycles. The molecule has 0 fully saturated rings. The maximum Gasteiger partial charge on any atom is 0.393 e. The fraction of sp³-hybridized carbons (Fsp3) is 0.667. The quantitative estimate of drug-likeness (QED) is 0.643. The molecule has 72 valence electrons. The van der Waals surface area contributed by atoms with E-state index in [4.69, 9.17) is 0 Å².